The lowest BCUT2D eigenvalue weighted by Gasteiger charge is -2.31. The van der Waals surface area contributed by atoms with E-state index in [1.165, 1.54) is 43.5 Å². The first-order chi connectivity index (χ1) is 8.83. The van der Waals surface area contributed by atoms with Crippen LogP contribution in [0, 0.1) is 0 Å². The van der Waals surface area contributed by atoms with Gasteiger partial charge in [-0.3, -0.25) is 4.90 Å². The first-order valence-electron chi connectivity index (χ1n) is 7.37. The van der Waals surface area contributed by atoms with Crippen molar-refractivity contribution < 1.29 is 0 Å². The van der Waals surface area contributed by atoms with Gasteiger partial charge in [-0.05, 0) is 49.2 Å². The molecular weight excluding hydrogens is 220 g/mol. The highest BCUT2D eigenvalue weighted by Crippen LogP contribution is 2.18. The predicted molar refractivity (Wildman–Crippen MR) is 77.7 cm³/mol. The molecule has 0 aliphatic carbocycles. The van der Waals surface area contributed by atoms with Crippen LogP contribution in [0.2, 0.25) is 0 Å². The lowest BCUT2D eigenvalue weighted by Crippen LogP contribution is -2.36. The average molecular weight is 246 g/mol. The summed E-state index contributed by atoms with van der Waals surface area (Å²) in [7, 11) is 0. The molecule has 1 aromatic carbocycles. The number of benzene rings is 1. The van der Waals surface area contributed by atoms with Crippen molar-refractivity contribution in [3.8, 4) is 0 Å². The van der Waals surface area contributed by atoms with Crippen LogP contribution in [0.1, 0.15) is 43.4 Å². The number of fused-ring (bicyclic) bond motifs is 1. The van der Waals surface area contributed by atoms with Gasteiger partial charge in [0.2, 0.25) is 0 Å². The molecule has 2 heterocycles. The highest BCUT2D eigenvalue weighted by atomic mass is 15.2. The fourth-order valence-electron chi connectivity index (χ4n) is 2.43. The van der Waals surface area contributed by atoms with Crippen molar-refractivity contribution in [2.45, 2.75) is 46.2 Å². The summed E-state index contributed by atoms with van der Waals surface area (Å²) in [6, 6.07) is 7.01. The van der Waals surface area contributed by atoms with Gasteiger partial charge in [0, 0.05) is 13.1 Å². The molecular formula is C16H26N2. The van der Waals surface area contributed by atoms with Gasteiger partial charge in [-0.1, -0.05) is 38.5 Å². The summed E-state index contributed by atoms with van der Waals surface area (Å²) in [6.45, 7) is 10.2. The number of likely N-dealkylation sites (tertiary alicyclic amines) is 1. The van der Waals surface area contributed by atoms with Crippen molar-refractivity contribution in [1.29, 1.82) is 0 Å². The van der Waals surface area contributed by atoms with Gasteiger partial charge in [-0.15, -0.1) is 0 Å². The van der Waals surface area contributed by atoms with E-state index in [1.54, 1.807) is 5.56 Å². The summed E-state index contributed by atoms with van der Waals surface area (Å²) in [5.41, 5.74) is 4.55. The molecule has 1 fully saturated rings. The highest BCUT2D eigenvalue weighted by molar-refractivity contribution is 5.33. The van der Waals surface area contributed by atoms with Gasteiger partial charge < -0.3 is 5.32 Å². The quantitative estimate of drug-likeness (QED) is 0.863. The minimum atomic E-state index is 1.05. The molecule has 3 rings (SSSR count). The molecule has 2 heteroatoms. The lowest BCUT2D eigenvalue weighted by atomic mass is 9.98. The topological polar surface area (TPSA) is 15.3 Å². The molecule has 1 aromatic rings. The summed E-state index contributed by atoms with van der Waals surface area (Å²) in [4.78, 5) is 2.52. The highest BCUT2D eigenvalue weighted by Gasteiger charge is 2.15. The van der Waals surface area contributed by atoms with Gasteiger partial charge in [0.05, 0.1) is 0 Å². The standard InChI is InChI=1S/C13H18N2.C3H8/c1-6-15(7-1)10-11-2-3-13-9-14-5-4-12(13)8-11;1-3-2/h2-3,8,14H,1,4-7,9-10H2;3H2,1-2H3. The number of nitrogens with one attached hydrogen (secondary N) is 1. The van der Waals surface area contributed by atoms with E-state index >= 15 is 0 Å². The number of nitrogens with zero attached hydrogens (tertiary/aromatic N) is 1. The van der Waals surface area contributed by atoms with Crippen LogP contribution in [0.5, 0.6) is 0 Å². The maximum atomic E-state index is 3.41. The molecule has 0 unspecified atom stereocenters. The van der Waals surface area contributed by atoms with E-state index in [-0.39, 0.29) is 0 Å². The summed E-state index contributed by atoms with van der Waals surface area (Å²) >= 11 is 0. The summed E-state index contributed by atoms with van der Waals surface area (Å²) in [6.07, 6.45) is 3.83. The molecule has 18 heavy (non-hydrogen) atoms. The van der Waals surface area contributed by atoms with Crippen LogP contribution in [0.3, 0.4) is 0 Å². The first kappa shape index (κ1) is 13.6. The maximum Gasteiger partial charge on any atom is 0.0233 e. The van der Waals surface area contributed by atoms with Crippen molar-refractivity contribution in [3.63, 3.8) is 0 Å². The lowest BCUT2D eigenvalue weighted by molar-refractivity contribution is 0.172. The molecule has 0 atom stereocenters. The Morgan fingerprint density at radius 2 is 1.94 bits per heavy atom. The molecule has 1 N–H and O–H groups in total. The van der Waals surface area contributed by atoms with E-state index in [2.05, 4.69) is 42.3 Å². The second-order valence-electron chi connectivity index (χ2n) is 5.37. The van der Waals surface area contributed by atoms with Crippen molar-refractivity contribution in [2.75, 3.05) is 19.6 Å². The Bertz CT molecular complexity index is 369. The molecule has 100 valence electrons. The molecule has 0 radical (unpaired) electrons. The van der Waals surface area contributed by atoms with Crippen molar-refractivity contribution >= 4 is 0 Å². The zero-order chi connectivity index (χ0) is 12.8. The number of hydrogen-bond acceptors (Lipinski definition) is 2. The van der Waals surface area contributed by atoms with Gasteiger partial charge >= 0.3 is 0 Å². The van der Waals surface area contributed by atoms with Gasteiger partial charge in [0.25, 0.3) is 0 Å². The van der Waals surface area contributed by atoms with Gasteiger partial charge in [-0.25, -0.2) is 0 Å². The third-order valence-corrected chi connectivity index (χ3v) is 3.51. The minimum Gasteiger partial charge on any atom is -0.312 e. The molecule has 0 amide bonds. The Morgan fingerprint density at radius 1 is 1.17 bits per heavy atom. The van der Waals surface area contributed by atoms with Crippen LogP contribution < -0.4 is 5.32 Å². The first-order valence-corrected chi connectivity index (χ1v) is 7.37. The van der Waals surface area contributed by atoms with E-state index in [4.69, 9.17) is 0 Å². The van der Waals surface area contributed by atoms with Gasteiger partial charge in [0.15, 0.2) is 0 Å². The Balaban J connectivity index is 0.000000367. The van der Waals surface area contributed by atoms with E-state index in [1.807, 2.05) is 0 Å². The summed E-state index contributed by atoms with van der Waals surface area (Å²) < 4.78 is 0. The molecule has 0 spiro atoms. The SMILES string of the molecule is CCC.c1cc2c(cc1CN1CCC1)CCNC2. The van der Waals surface area contributed by atoms with E-state index in [0.717, 1.165) is 19.6 Å². The summed E-state index contributed by atoms with van der Waals surface area (Å²) in [5.74, 6) is 0. The Kier molecular flexibility index (Phi) is 5.21. The molecule has 1 saturated heterocycles. The Labute approximate surface area is 111 Å². The van der Waals surface area contributed by atoms with Gasteiger partial charge in [0.1, 0.15) is 0 Å². The van der Waals surface area contributed by atoms with Crippen LogP contribution in [0.25, 0.3) is 0 Å². The zero-order valence-electron chi connectivity index (χ0n) is 11.8. The normalized spacial score (nSPS) is 18.3. The van der Waals surface area contributed by atoms with Gasteiger partial charge in [-0.2, -0.15) is 0 Å². The van der Waals surface area contributed by atoms with Crippen LogP contribution in [-0.4, -0.2) is 24.5 Å². The maximum absolute atomic E-state index is 3.41. The third kappa shape index (κ3) is 3.56. The molecule has 2 aliphatic heterocycles. The largest absolute Gasteiger partial charge is 0.312 e. The third-order valence-electron chi connectivity index (χ3n) is 3.51. The van der Waals surface area contributed by atoms with Crippen molar-refractivity contribution in [3.05, 3.63) is 34.9 Å². The second-order valence-corrected chi connectivity index (χ2v) is 5.37. The Hall–Kier alpha value is -0.860. The monoisotopic (exact) mass is 246 g/mol. The molecule has 0 aromatic heterocycles. The average Bonchev–Trinajstić information content (AvgIpc) is 2.35. The molecule has 0 saturated carbocycles. The molecule has 2 nitrogen and oxygen atoms in total. The molecule has 0 bridgehead atoms. The number of rotatable bonds is 2. The summed E-state index contributed by atoms with van der Waals surface area (Å²) in [5, 5.41) is 3.41. The minimum absolute atomic E-state index is 1.05. The van der Waals surface area contributed by atoms with Crippen LogP contribution in [0.4, 0.5) is 0 Å². The predicted octanol–water partition coefficient (Wildman–Crippen LogP) is 2.95. The van der Waals surface area contributed by atoms with Crippen molar-refractivity contribution in [2.24, 2.45) is 0 Å². The fraction of sp³-hybridized carbons (Fsp3) is 0.625. The van der Waals surface area contributed by atoms with Crippen molar-refractivity contribution in [1.82, 2.24) is 10.2 Å². The van der Waals surface area contributed by atoms with E-state index in [9.17, 15) is 0 Å². The van der Waals surface area contributed by atoms with Crippen LogP contribution >= 0.6 is 0 Å². The van der Waals surface area contributed by atoms with Crippen LogP contribution in [-0.2, 0) is 19.5 Å². The van der Waals surface area contributed by atoms with E-state index in [0.29, 0.717) is 0 Å². The zero-order valence-corrected chi connectivity index (χ0v) is 11.8. The Morgan fingerprint density at radius 3 is 2.61 bits per heavy atom. The van der Waals surface area contributed by atoms with E-state index < -0.39 is 0 Å². The smallest absolute Gasteiger partial charge is 0.0233 e. The second kappa shape index (κ2) is 6.91. The fourth-order valence-corrected chi connectivity index (χ4v) is 2.43. The van der Waals surface area contributed by atoms with Crippen LogP contribution in [0.15, 0.2) is 18.2 Å². The number of hydrogen-bond donors (Lipinski definition) is 1. The molecule has 2 aliphatic rings.